The van der Waals surface area contributed by atoms with Crippen molar-refractivity contribution in [3.05, 3.63) is 59.3 Å². The van der Waals surface area contributed by atoms with Crippen LogP contribution < -0.4 is 5.32 Å². The molecule has 0 radical (unpaired) electrons. The molecule has 0 unspecified atom stereocenters. The lowest BCUT2D eigenvalue weighted by atomic mass is 10.0. The van der Waals surface area contributed by atoms with Crippen LogP contribution in [0, 0.1) is 13.8 Å². The third kappa shape index (κ3) is 2.61. The van der Waals surface area contributed by atoms with E-state index >= 15 is 0 Å². The first-order valence-electron chi connectivity index (χ1n) is 6.88. The smallest absolute Gasteiger partial charge is 0.337 e. The van der Waals surface area contributed by atoms with Gasteiger partial charge in [0, 0.05) is 0 Å². The highest BCUT2D eigenvalue weighted by atomic mass is 16.4. The predicted octanol–water partition coefficient (Wildman–Crippen LogP) is 3.69. The number of nitrogens with zero attached hydrogens (tertiary/aromatic N) is 2. The second-order valence-electron chi connectivity index (χ2n) is 5.16. The Bertz CT molecular complexity index is 875. The molecule has 3 rings (SSSR count). The van der Waals surface area contributed by atoms with E-state index in [1.165, 1.54) is 0 Å². The molecule has 0 bridgehead atoms. The Labute approximate surface area is 127 Å². The quantitative estimate of drug-likeness (QED) is 0.770. The fourth-order valence-electron chi connectivity index (χ4n) is 2.25. The average Bonchev–Trinajstić information content (AvgIpc) is 2.50. The molecule has 0 aliphatic carbocycles. The van der Waals surface area contributed by atoms with Gasteiger partial charge in [0.05, 0.1) is 28.5 Å². The van der Waals surface area contributed by atoms with Gasteiger partial charge in [0.25, 0.3) is 0 Å². The summed E-state index contributed by atoms with van der Waals surface area (Å²) in [6.45, 7) is 3.83. The number of hydrogen-bond acceptors (Lipinski definition) is 4. The molecular weight excluding hydrogens is 278 g/mol. The van der Waals surface area contributed by atoms with E-state index in [2.05, 4.69) is 15.3 Å². The number of para-hydroxylation sites is 2. The van der Waals surface area contributed by atoms with Crippen molar-refractivity contribution in [2.24, 2.45) is 0 Å². The van der Waals surface area contributed by atoms with Crippen LogP contribution in [0.2, 0.25) is 0 Å². The number of benzene rings is 2. The Kier molecular flexibility index (Phi) is 3.47. The van der Waals surface area contributed by atoms with Gasteiger partial charge in [-0.1, -0.05) is 12.1 Å². The minimum Gasteiger partial charge on any atom is -0.478 e. The number of aryl methyl sites for hydroxylation is 2. The fourth-order valence-corrected chi connectivity index (χ4v) is 2.25. The third-order valence-electron chi connectivity index (χ3n) is 3.58. The molecule has 0 spiro atoms. The fraction of sp³-hybridized carbons (Fsp3) is 0.118. The number of aromatic carboxylic acids is 1. The van der Waals surface area contributed by atoms with Gasteiger partial charge in [0.2, 0.25) is 0 Å². The van der Waals surface area contributed by atoms with E-state index < -0.39 is 5.97 Å². The van der Waals surface area contributed by atoms with E-state index in [0.29, 0.717) is 11.5 Å². The summed E-state index contributed by atoms with van der Waals surface area (Å²) in [7, 11) is 0. The van der Waals surface area contributed by atoms with Crippen molar-refractivity contribution >= 4 is 28.5 Å². The Hall–Kier alpha value is -2.95. The number of rotatable bonds is 3. The van der Waals surface area contributed by atoms with Crippen LogP contribution in [0.25, 0.3) is 11.0 Å². The standard InChI is InChI=1S/C17H15N3O2/c1-10-7-12(17(21)22)15(8-11(10)2)20-16-9-18-13-5-3-4-6-14(13)19-16/h3-9H,1-2H3,(H,19,20)(H,21,22). The van der Waals surface area contributed by atoms with Crippen molar-refractivity contribution in [3.8, 4) is 0 Å². The number of carboxylic acid groups (broad SMARTS) is 1. The van der Waals surface area contributed by atoms with E-state index in [4.69, 9.17) is 0 Å². The van der Waals surface area contributed by atoms with Gasteiger partial charge in [-0.15, -0.1) is 0 Å². The third-order valence-corrected chi connectivity index (χ3v) is 3.58. The van der Waals surface area contributed by atoms with Crippen LogP contribution in [-0.4, -0.2) is 21.0 Å². The minimum absolute atomic E-state index is 0.220. The normalized spacial score (nSPS) is 10.6. The summed E-state index contributed by atoms with van der Waals surface area (Å²) >= 11 is 0. The molecule has 0 atom stereocenters. The lowest BCUT2D eigenvalue weighted by molar-refractivity contribution is 0.0698. The summed E-state index contributed by atoms with van der Waals surface area (Å²) in [6.07, 6.45) is 1.60. The van der Waals surface area contributed by atoms with Crippen LogP contribution in [-0.2, 0) is 0 Å². The SMILES string of the molecule is Cc1cc(Nc2cnc3ccccc3n2)c(C(=O)O)cc1C. The van der Waals surface area contributed by atoms with Crippen molar-refractivity contribution in [3.63, 3.8) is 0 Å². The number of nitrogens with one attached hydrogen (secondary N) is 1. The number of aromatic nitrogens is 2. The van der Waals surface area contributed by atoms with E-state index in [1.54, 1.807) is 12.3 Å². The molecule has 0 saturated heterocycles. The topological polar surface area (TPSA) is 75.1 Å². The van der Waals surface area contributed by atoms with E-state index in [9.17, 15) is 9.90 Å². The summed E-state index contributed by atoms with van der Waals surface area (Å²) in [6, 6.07) is 11.0. The zero-order valence-corrected chi connectivity index (χ0v) is 12.3. The molecule has 0 aliphatic heterocycles. The first kappa shape index (κ1) is 14.0. The number of carbonyl (C=O) groups is 1. The van der Waals surface area contributed by atoms with Crippen molar-refractivity contribution in [1.29, 1.82) is 0 Å². The predicted molar refractivity (Wildman–Crippen MR) is 85.7 cm³/mol. The second kappa shape index (κ2) is 5.44. The highest BCUT2D eigenvalue weighted by molar-refractivity contribution is 5.95. The highest BCUT2D eigenvalue weighted by Gasteiger charge is 2.13. The summed E-state index contributed by atoms with van der Waals surface area (Å²) in [5, 5.41) is 12.4. The molecule has 1 aromatic heterocycles. The second-order valence-corrected chi connectivity index (χ2v) is 5.16. The summed E-state index contributed by atoms with van der Waals surface area (Å²) in [5.41, 5.74) is 4.24. The maximum Gasteiger partial charge on any atom is 0.337 e. The van der Waals surface area contributed by atoms with Gasteiger partial charge < -0.3 is 10.4 Å². The maximum absolute atomic E-state index is 11.4. The van der Waals surface area contributed by atoms with Crippen LogP contribution in [0.3, 0.4) is 0 Å². The number of anilines is 2. The molecule has 2 aromatic carbocycles. The van der Waals surface area contributed by atoms with Crippen LogP contribution >= 0.6 is 0 Å². The van der Waals surface area contributed by atoms with Crippen LogP contribution in [0.5, 0.6) is 0 Å². The molecule has 5 heteroatoms. The lowest BCUT2D eigenvalue weighted by Gasteiger charge is -2.12. The molecule has 2 N–H and O–H groups in total. The molecule has 0 fully saturated rings. The summed E-state index contributed by atoms with van der Waals surface area (Å²) in [4.78, 5) is 20.2. The minimum atomic E-state index is -0.973. The van der Waals surface area contributed by atoms with Gasteiger partial charge in [0.1, 0.15) is 5.82 Å². The van der Waals surface area contributed by atoms with Gasteiger partial charge in [-0.05, 0) is 49.2 Å². The van der Waals surface area contributed by atoms with Gasteiger partial charge in [-0.25, -0.2) is 9.78 Å². The van der Waals surface area contributed by atoms with Crippen molar-refractivity contribution in [2.75, 3.05) is 5.32 Å². The molecule has 1 heterocycles. The molecule has 3 aromatic rings. The highest BCUT2D eigenvalue weighted by Crippen LogP contribution is 2.24. The lowest BCUT2D eigenvalue weighted by Crippen LogP contribution is -2.05. The van der Waals surface area contributed by atoms with Gasteiger partial charge >= 0.3 is 5.97 Å². The van der Waals surface area contributed by atoms with Crippen LogP contribution in [0.1, 0.15) is 21.5 Å². The first-order chi connectivity index (χ1) is 10.5. The molecule has 0 aliphatic rings. The molecule has 5 nitrogen and oxygen atoms in total. The zero-order chi connectivity index (χ0) is 15.7. The van der Waals surface area contributed by atoms with E-state index in [1.807, 2.05) is 44.2 Å². The Morgan fingerprint density at radius 1 is 1.09 bits per heavy atom. The monoisotopic (exact) mass is 293 g/mol. The Morgan fingerprint density at radius 2 is 1.77 bits per heavy atom. The molecular formula is C17H15N3O2. The largest absolute Gasteiger partial charge is 0.478 e. The zero-order valence-electron chi connectivity index (χ0n) is 12.3. The Morgan fingerprint density at radius 3 is 2.50 bits per heavy atom. The summed E-state index contributed by atoms with van der Waals surface area (Å²) < 4.78 is 0. The van der Waals surface area contributed by atoms with Crippen molar-refractivity contribution < 1.29 is 9.90 Å². The van der Waals surface area contributed by atoms with Gasteiger partial charge in [-0.2, -0.15) is 0 Å². The van der Waals surface area contributed by atoms with Crippen LogP contribution in [0.15, 0.2) is 42.6 Å². The number of hydrogen-bond donors (Lipinski definition) is 2. The molecule has 0 amide bonds. The molecule has 22 heavy (non-hydrogen) atoms. The Balaban J connectivity index is 2.04. The van der Waals surface area contributed by atoms with Crippen LogP contribution in [0.4, 0.5) is 11.5 Å². The van der Waals surface area contributed by atoms with Gasteiger partial charge in [-0.3, -0.25) is 4.98 Å². The van der Waals surface area contributed by atoms with Gasteiger partial charge in [0.15, 0.2) is 0 Å². The molecule has 0 saturated carbocycles. The number of fused-ring (bicyclic) bond motifs is 1. The molecule has 110 valence electrons. The first-order valence-corrected chi connectivity index (χ1v) is 6.88. The van der Waals surface area contributed by atoms with Crippen molar-refractivity contribution in [2.45, 2.75) is 13.8 Å². The van der Waals surface area contributed by atoms with E-state index in [-0.39, 0.29) is 5.56 Å². The van der Waals surface area contributed by atoms with E-state index in [0.717, 1.165) is 22.2 Å². The maximum atomic E-state index is 11.4. The van der Waals surface area contributed by atoms with Crippen molar-refractivity contribution in [1.82, 2.24) is 9.97 Å². The number of carboxylic acids is 1. The average molecular weight is 293 g/mol. The summed E-state index contributed by atoms with van der Waals surface area (Å²) in [5.74, 6) is -0.455.